The molecule has 2 heterocycles. The normalized spacial score (nSPS) is 13.2. The van der Waals surface area contributed by atoms with Crippen molar-refractivity contribution in [2.45, 2.75) is 39.0 Å². The van der Waals surface area contributed by atoms with Crippen molar-refractivity contribution in [1.82, 2.24) is 4.57 Å². The Morgan fingerprint density at radius 1 is 0.933 bits per heavy atom. The molecule has 5 heteroatoms. The lowest BCUT2D eigenvalue weighted by Gasteiger charge is -2.12. The molecular formula is C25H27NO3S. The summed E-state index contributed by atoms with van der Waals surface area (Å²) in [7, 11) is 0. The summed E-state index contributed by atoms with van der Waals surface area (Å²) in [4.78, 5) is 14.0. The number of ketones is 1. The van der Waals surface area contributed by atoms with Crippen molar-refractivity contribution in [3.63, 3.8) is 0 Å². The van der Waals surface area contributed by atoms with Gasteiger partial charge >= 0.3 is 0 Å². The Kier molecular flexibility index (Phi) is 5.91. The molecule has 0 bridgehead atoms. The highest BCUT2D eigenvalue weighted by Gasteiger charge is 2.18. The van der Waals surface area contributed by atoms with Gasteiger partial charge in [0.2, 0.25) is 0 Å². The van der Waals surface area contributed by atoms with E-state index in [0.717, 1.165) is 45.5 Å². The third-order valence-electron chi connectivity index (χ3n) is 5.57. The minimum absolute atomic E-state index is 0.135. The van der Waals surface area contributed by atoms with E-state index in [9.17, 15) is 4.79 Å². The smallest absolute Gasteiger partial charge is 0.174 e. The maximum atomic E-state index is 13.0. The number of Topliss-reactive ketones (excluding diaryl/α,β-unsaturated/α-hetero) is 1. The zero-order valence-electron chi connectivity index (χ0n) is 18.0. The van der Waals surface area contributed by atoms with Gasteiger partial charge in [0.15, 0.2) is 17.3 Å². The van der Waals surface area contributed by atoms with Gasteiger partial charge in [0, 0.05) is 34.0 Å². The van der Waals surface area contributed by atoms with Crippen LogP contribution in [0, 0.1) is 27.7 Å². The van der Waals surface area contributed by atoms with E-state index in [4.69, 9.17) is 9.47 Å². The predicted octanol–water partition coefficient (Wildman–Crippen LogP) is 5.85. The largest absolute Gasteiger partial charge is 0.490 e. The summed E-state index contributed by atoms with van der Waals surface area (Å²) in [6, 6.07) is 14.3. The second-order valence-electron chi connectivity index (χ2n) is 7.76. The summed E-state index contributed by atoms with van der Waals surface area (Å²) in [5.74, 6) is 2.06. The zero-order valence-corrected chi connectivity index (χ0v) is 18.8. The van der Waals surface area contributed by atoms with Gasteiger partial charge in [-0.1, -0.05) is 6.07 Å². The number of thioether (sulfide) groups is 1. The molecule has 30 heavy (non-hydrogen) atoms. The molecule has 0 N–H and O–H groups in total. The van der Waals surface area contributed by atoms with Crippen molar-refractivity contribution < 1.29 is 14.3 Å². The predicted molar refractivity (Wildman–Crippen MR) is 122 cm³/mol. The molecule has 0 atom stereocenters. The van der Waals surface area contributed by atoms with Crippen molar-refractivity contribution in [3.8, 4) is 17.2 Å². The van der Waals surface area contributed by atoms with Crippen LogP contribution in [0.2, 0.25) is 0 Å². The molecule has 1 aromatic heterocycles. The van der Waals surface area contributed by atoms with E-state index in [1.165, 1.54) is 22.9 Å². The second-order valence-corrected chi connectivity index (χ2v) is 8.81. The third-order valence-corrected chi connectivity index (χ3v) is 6.56. The average molecular weight is 422 g/mol. The van der Waals surface area contributed by atoms with Crippen LogP contribution in [0.5, 0.6) is 11.5 Å². The van der Waals surface area contributed by atoms with Crippen LogP contribution in [0.3, 0.4) is 0 Å². The topological polar surface area (TPSA) is 40.5 Å². The Morgan fingerprint density at radius 3 is 2.47 bits per heavy atom. The van der Waals surface area contributed by atoms with E-state index >= 15 is 0 Å². The highest BCUT2D eigenvalue weighted by molar-refractivity contribution is 8.00. The van der Waals surface area contributed by atoms with Crippen molar-refractivity contribution in [1.29, 1.82) is 0 Å². The molecule has 4 nitrogen and oxygen atoms in total. The van der Waals surface area contributed by atoms with Gasteiger partial charge in [0.1, 0.15) is 0 Å². The Labute approximate surface area is 182 Å². The minimum Gasteiger partial charge on any atom is -0.490 e. The Bertz CT molecular complexity index is 1100. The van der Waals surface area contributed by atoms with Crippen LogP contribution in [-0.2, 0) is 0 Å². The molecule has 0 aliphatic carbocycles. The molecular weight excluding hydrogens is 394 g/mol. The van der Waals surface area contributed by atoms with E-state index < -0.39 is 0 Å². The van der Waals surface area contributed by atoms with Crippen LogP contribution in [0.4, 0.5) is 0 Å². The number of ether oxygens (including phenoxy) is 2. The van der Waals surface area contributed by atoms with Gasteiger partial charge < -0.3 is 14.0 Å². The molecule has 0 fully saturated rings. The van der Waals surface area contributed by atoms with E-state index in [1.807, 2.05) is 31.2 Å². The van der Waals surface area contributed by atoms with Gasteiger partial charge in [-0.25, -0.2) is 0 Å². The van der Waals surface area contributed by atoms with Gasteiger partial charge in [-0.2, -0.15) is 0 Å². The number of aromatic nitrogens is 1. The van der Waals surface area contributed by atoms with Gasteiger partial charge in [-0.15, -0.1) is 11.8 Å². The SMILES string of the molecule is Cc1ccc(-n2c(C)cc(C(=O)CSc3ccc4c(c3)OCCCO4)c2C)cc1C. The summed E-state index contributed by atoms with van der Waals surface area (Å²) in [6.07, 6.45) is 0.881. The van der Waals surface area contributed by atoms with Crippen LogP contribution in [0.25, 0.3) is 5.69 Å². The molecule has 0 amide bonds. The molecule has 4 rings (SSSR count). The molecule has 0 saturated carbocycles. The molecule has 0 spiro atoms. The molecule has 0 saturated heterocycles. The molecule has 2 aromatic carbocycles. The summed E-state index contributed by atoms with van der Waals surface area (Å²) < 4.78 is 13.6. The van der Waals surface area contributed by atoms with Crippen LogP contribution >= 0.6 is 11.8 Å². The van der Waals surface area contributed by atoms with E-state index in [0.29, 0.717) is 19.0 Å². The first-order valence-electron chi connectivity index (χ1n) is 10.3. The van der Waals surface area contributed by atoms with Crippen LogP contribution < -0.4 is 9.47 Å². The van der Waals surface area contributed by atoms with E-state index in [-0.39, 0.29) is 5.78 Å². The molecule has 1 aliphatic rings. The number of fused-ring (bicyclic) bond motifs is 1. The van der Waals surface area contributed by atoms with Gasteiger partial charge in [-0.05, 0) is 75.2 Å². The fourth-order valence-electron chi connectivity index (χ4n) is 3.77. The van der Waals surface area contributed by atoms with Crippen molar-refractivity contribution in [2.75, 3.05) is 19.0 Å². The zero-order chi connectivity index (χ0) is 21.3. The number of benzene rings is 2. The van der Waals surface area contributed by atoms with Gasteiger partial charge in [-0.3, -0.25) is 4.79 Å². The number of nitrogens with zero attached hydrogens (tertiary/aromatic N) is 1. The highest BCUT2D eigenvalue weighted by atomic mass is 32.2. The Hall–Kier alpha value is -2.66. The van der Waals surface area contributed by atoms with Crippen LogP contribution in [0.15, 0.2) is 47.4 Å². The van der Waals surface area contributed by atoms with E-state index in [1.54, 1.807) is 0 Å². The van der Waals surface area contributed by atoms with Gasteiger partial charge in [0.05, 0.1) is 19.0 Å². The molecule has 3 aromatic rings. The fourth-order valence-corrected chi connectivity index (χ4v) is 4.58. The highest BCUT2D eigenvalue weighted by Crippen LogP contribution is 2.34. The average Bonchev–Trinajstić information content (AvgIpc) is 2.89. The second kappa shape index (κ2) is 8.60. The Morgan fingerprint density at radius 2 is 1.70 bits per heavy atom. The summed E-state index contributed by atoms with van der Waals surface area (Å²) in [6.45, 7) is 9.63. The lowest BCUT2D eigenvalue weighted by atomic mass is 10.1. The number of hydrogen-bond donors (Lipinski definition) is 0. The first-order chi connectivity index (χ1) is 14.4. The van der Waals surface area contributed by atoms with Gasteiger partial charge in [0.25, 0.3) is 0 Å². The molecule has 0 unspecified atom stereocenters. The van der Waals surface area contributed by atoms with E-state index in [2.05, 4.69) is 43.5 Å². The number of hydrogen-bond acceptors (Lipinski definition) is 4. The number of rotatable bonds is 5. The Balaban J connectivity index is 1.52. The number of carbonyl (C=O) groups excluding carboxylic acids is 1. The monoisotopic (exact) mass is 421 g/mol. The lowest BCUT2D eigenvalue weighted by molar-refractivity contribution is 0.102. The molecule has 1 aliphatic heterocycles. The van der Waals surface area contributed by atoms with Crippen molar-refractivity contribution >= 4 is 17.5 Å². The maximum absolute atomic E-state index is 13.0. The molecule has 156 valence electrons. The summed E-state index contributed by atoms with van der Waals surface area (Å²) >= 11 is 1.53. The first kappa shape index (κ1) is 20.6. The maximum Gasteiger partial charge on any atom is 0.174 e. The third kappa shape index (κ3) is 4.12. The quantitative estimate of drug-likeness (QED) is 0.383. The number of carbonyl (C=O) groups is 1. The van der Waals surface area contributed by atoms with Crippen molar-refractivity contribution in [3.05, 3.63) is 70.5 Å². The molecule has 0 radical (unpaired) electrons. The first-order valence-corrected chi connectivity index (χ1v) is 11.2. The van der Waals surface area contributed by atoms with Crippen LogP contribution in [-0.4, -0.2) is 29.3 Å². The minimum atomic E-state index is 0.135. The lowest BCUT2D eigenvalue weighted by Crippen LogP contribution is -2.06. The summed E-state index contributed by atoms with van der Waals surface area (Å²) in [5.41, 5.74) is 6.46. The summed E-state index contributed by atoms with van der Waals surface area (Å²) in [5, 5.41) is 0. The fraction of sp³-hybridized carbons (Fsp3) is 0.320. The van der Waals surface area contributed by atoms with Crippen molar-refractivity contribution in [2.24, 2.45) is 0 Å². The van der Waals surface area contributed by atoms with Crippen LogP contribution in [0.1, 0.15) is 39.3 Å². The standard InChI is InChI=1S/C25H27NO3S/c1-16-6-7-20(12-17(16)2)26-18(3)13-22(19(26)4)23(27)15-30-21-8-9-24-25(14-21)29-11-5-10-28-24/h6-9,12-14H,5,10-11,15H2,1-4H3. The number of aryl methyl sites for hydroxylation is 3.